The molecule has 0 aliphatic rings. The van der Waals surface area contributed by atoms with Gasteiger partial charge in [-0.2, -0.15) is 8.78 Å². The van der Waals surface area contributed by atoms with Gasteiger partial charge in [0.05, 0.1) is 6.04 Å². The molecule has 0 heterocycles. The molecule has 0 aromatic heterocycles. The van der Waals surface area contributed by atoms with Crippen LogP contribution in [0.25, 0.3) is 0 Å². The Labute approximate surface area is 137 Å². The first-order valence-electron chi connectivity index (χ1n) is 6.82. The van der Waals surface area contributed by atoms with Gasteiger partial charge in [-0.25, -0.2) is 4.39 Å². The van der Waals surface area contributed by atoms with Gasteiger partial charge in [-0.1, -0.05) is 12.1 Å². The fourth-order valence-corrected chi connectivity index (χ4v) is 2.21. The first-order chi connectivity index (χ1) is 10.9. The Morgan fingerprint density at radius 2 is 1.65 bits per heavy atom. The van der Waals surface area contributed by atoms with Crippen LogP contribution in [0.2, 0.25) is 0 Å². The number of ether oxygens (including phenoxy) is 1. The maximum atomic E-state index is 12.9. The fourth-order valence-electron chi connectivity index (χ4n) is 1.92. The second kappa shape index (κ2) is 7.82. The van der Waals surface area contributed by atoms with Crippen molar-refractivity contribution in [2.45, 2.75) is 19.6 Å². The minimum absolute atomic E-state index is 0.0732. The number of benzene rings is 2. The minimum Gasteiger partial charge on any atom is -0.435 e. The van der Waals surface area contributed by atoms with Gasteiger partial charge in [0.25, 0.3) is 0 Å². The summed E-state index contributed by atoms with van der Waals surface area (Å²) in [5.74, 6) is -0.225. The average molecular weight is 340 g/mol. The molecule has 0 saturated heterocycles. The third-order valence-corrected chi connectivity index (χ3v) is 3.27. The van der Waals surface area contributed by atoms with Gasteiger partial charge in [0.1, 0.15) is 11.6 Å². The van der Waals surface area contributed by atoms with E-state index >= 15 is 0 Å². The Morgan fingerprint density at radius 1 is 1.04 bits per heavy atom. The van der Waals surface area contributed by atoms with Gasteiger partial charge in [0.15, 0.2) is 5.11 Å². The number of halogens is 3. The number of hydrogen-bond donors (Lipinski definition) is 2. The highest BCUT2D eigenvalue weighted by atomic mass is 32.1. The lowest BCUT2D eigenvalue weighted by atomic mass is 10.1. The van der Waals surface area contributed by atoms with Crippen LogP contribution >= 0.6 is 12.2 Å². The molecule has 0 aliphatic carbocycles. The number of thiocarbonyl (C=S) groups is 1. The molecule has 1 atom stereocenters. The monoisotopic (exact) mass is 340 g/mol. The highest BCUT2D eigenvalue weighted by Gasteiger charge is 2.08. The largest absolute Gasteiger partial charge is 0.435 e. The van der Waals surface area contributed by atoms with Crippen molar-refractivity contribution in [1.29, 1.82) is 0 Å². The minimum atomic E-state index is -2.85. The van der Waals surface area contributed by atoms with Crippen LogP contribution in [-0.4, -0.2) is 11.7 Å². The van der Waals surface area contributed by atoms with Gasteiger partial charge in [0.2, 0.25) is 0 Å². The Bertz CT molecular complexity index is 647. The lowest BCUT2D eigenvalue weighted by molar-refractivity contribution is -0.0498. The SMILES string of the molecule is C[C@H](NC(=S)Nc1ccc(OC(F)F)cc1)c1ccc(F)cc1. The van der Waals surface area contributed by atoms with Gasteiger partial charge >= 0.3 is 6.61 Å². The first-order valence-corrected chi connectivity index (χ1v) is 7.23. The van der Waals surface area contributed by atoms with Crippen molar-refractivity contribution < 1.29 is 17.9 Å². The van der Waals surface area contributed by atoms with Gasteiger partial charge in [-0.15, -0.1) is 0 Å². The third-order valence-electron chi connectivity index (χ3n) is 3.05. The predicted molar refractivity (Wildman–Crippen MR) is 87.2 cm³/mol. The molecule has 0 spiro atoms. The zero-order valence-corrected chi connectivity index (χ0v) is 13.0. The number of anilines is 1. The Morgan fingerprint density at radius 3 is 2.22 bits per heavy atom. The summed E-state index contributed by atoms with van der Waals surface area (Å²) in [7, 11) is 0. The molecule has 2 aromatic rings. The van der Waals surface area contributed by atoms with E-state index in [-0.39, 0.29) is 17.6 Å². The molecule has 3 nitrogen and oxygen atoms in total. The second-order valence-electron chi connectivity index (χ2n) is 4.77. The molecular formula is C16H15F3N2OS. The van der Waals surface area contributed by atoms with Crippen LogP contribution < -0.4 is 15.4 Å². The van der Waals surface area contributed by atoms with E-state index in [1.165, 1.54) is 24.3 Å². The van der Waals surface area contributed by atoms with Gasteiger partial charge in [-0.3, -0.25) is 0 Å². The van der Waals surface area contributed by atoms with Gasteiger partial charge < -0.3 is 15.4 Å². The zero-order valence-electron chi connectivity index (χ0n) is 12.2. The second-order valence-corrected chi connectivity index (χ2v) is 5.18. The highest BCUT2D eigenvalue weighted by molar-refractivity contribution is 7.80. The summed E-state index contributed by atoms with van der Waals surface area (Å²) in [5, 5.41) is 6.36. The molecule has 0 saturated carbocycles. The summed E-state index contributed by atoms with van der Waals surface area (Å²) in [5.41, 5.74) is 1.52. The Kier molecular flexibility index (Phi) is 5.81. The maximum Gasteiger partial charge on any atom is 0.387 e. The number of nitrogens with one attached hydrogen (secondary N) is 2. The van der Waals surface area contributed by atoms with E-state index in [2.05, 4.69) is 15.4 Å². The molecule has 7 heteroatoms. The molecule has 23 heavy (non-hydrogen) atoms. The van der Waals surface area contributed by atoms with Crippen molar-refractivity contribution >= 4 is 23.0 Å². The highest BCUT2D eigenvalue weighted by Crippen LogP contribution is 2.18. The normalized spacial score (nSPS) is 11.9. The van der Waals surface area contributed by atoms with Gasteiger partial charge in [-0.05, 0) is 61.1 Å². The third kappa shape index (κ3) is 5.45. The van der Waals surface area contributed by atoms with Crippen molar-refractivity contribution in [3.63, 3.8) is 0 Å². The van der Waals surface area contributed by atoms with E-state index in [0.29, 0.717) is 10.8 Å². The summed E-state index contributed by atoms with van der Waals surface area (Å²) in [6.45, 7) is -0.964. The van der Waals surface area contributed by atoms with Crippen LogP contribution in [0.1, 0.15) is 18.5 Å². The number of hydrogen-bond acceptors (Lipinski definition) is 2. The van der Waals surface area contributed by atoms with Crippen molar-refractivity contribution in [3.05, 3.63) is 59.9 Å². The Hall–Kier alpha value is -2.28. The van der Waals surface area contributed by atoms with Crippen LogP contribution in [0.5, 0.6) is 5.75 Å². The Balaban J connectivity index is 1.90. The van der Waals surface area contributed by atoms with Crippen molar-refractivity contribution in [2.24, 2.45) is 0 Å². The standard InChI is InChI=1S/C16H15F3N2OS/c1-10(11-2-4-12(17)5-3-11)20-16(23)21-13-6-8-14(9-7-13)22-15(18)19/h2-10,15H,1H3,(H2,20,21,23)/t10-/m0/s1. The van der Waals surface area contributed by atoms with E-state index in [1.54, 1.807) is 24.3 Å². The van der Waals surface area contributed by atoms with Crippen LogP contribution in [0.15, 0.2) is 48.5 Å². The summed E-state index contributed by atoms with van der Waals surface area (Å²) in [4.78, 5) is 0. The summed E-state index contributed by atoms with van der Waals surface area (Å²) in [6.07, 6.45) is 0. The van der Waals surface area contributed by atoms with Crippen LogP contribution in [0, 0.1) is 5.82 Å². The average Bonchev–Trinajstić information content (AvgIpc) is 2.49. The van der Waals surface area contributed by atoms with Crippen LogP contribution in [-0.2, 0) is 0 Å². The molecule has 0 bridgehead atoms. The zero-order chi connectivity index (χ0) is 16.8. The molecular weight excluding hydrogens is 325 g/mol. The molecule has 2 rings (SSSR count). The summed E-state index contributed by atoms with van der Waals surface area (Å²) in [6, 6.07) is 12.0. The van der Waals surface area contributed by atoms with Crippen molar-refractivity contribution in [3.8, 4) is 5.75 Å². The summed E-state index contributed by atoms with van der Waals surface area (Å²) >= 11 is 5.19. The quantitative estimate of drug-likeness (QED) is 0.787. The van der Waals surface area contributed by atoms with E-state index in [4.69, 9.17) is 12.2 Å². The molecule has 2 N–H and O–H groups in total. The van der Waals surface area contributed by atoms with E-state index in [9.17, 15) is 13.2 Å². The number of alkyl halides is 2. The van der Waals surface area contributed by atoms with Crippen molar-refractivity contribution in [2.75, 3.05) is 5.32 Å². The van der Waals surface area contributed by atoms with Crippen LogP contribution in [0.3, 0.4) is 0 Å². The first kappa shape index (κ1) is 17.1. The number of rotatable bonds is 5. The molecule has 0 unspecified atom stereocenters. The van der Waals surface area contributed by atoms with E-state index in [1.807, 2.05) is 6.92 Å². The predicted octanol–water partition coefficient (Wildman–Crippen LogP) is 4.47. The molecule has 0 amide bonds. The summed E-state index contributed by atoms with van der Waals surface area (Å²) < 4.78 is 41.3. The molecule has 2 aromatic carbocycles. The smallest absolute Gasteiger partial charge is 0.387 e. The van der Waals surface area contributed by atoms with E-state index < -0.39 is 6.61 Å². The molecule has 122 valence electrons. The van der Waals surface area contributed by atoms with Gasteiger partial charge in [0, 0.05) is 5.69 Å². The lowest BCUT2D eigenvalue weighted by Crippen LogP contribution is -2.30. The molecule has 0 aliphatic heterocycles. The lowest BCUT2D eigenvalue weighted by Gasteiger charge is -2.17. The maximum absolute atomic E-state index is 12.9. The van der Waals surface area contributed by atoms with E-state index in [0.717, 1.165) is 5.56 Å². The van der Waals surface area contributed by atoms with Crippen LogP contribution in [0.4, 0.5) is 18.9 Å². The topological polar surface area (TPSA) is 33.3 Å². The molecule has 0 radical (unpaired) electrons. The van der Waals surface area contributed by atoms with Crippen molar-refractivity contribution in [1.82, 2.24) is 5.32 Å². The fraction of sp³-hybridized carbons (Fsp3) is 0.188. The molecule has 0 fully saturated rings.